The highest BCUT2D eigenvalue weighted by Crippen LogP contribution is 2.69. The summed E-state index contributed by atoms with van der Waals surface area (Å²) in [6, 6.07) is 0. The van der Waals surface area contributed by atoms with Crippen LogP contribution in [0, 0.1) is 28.6 Å². The summed E-state index contributed by atoms with van der Waals surface area (Å²) in [7, 11) is 1.18. The number of Topliss-reactive ketones (excluding diaryl/α,β-unsaturated/α-hetero) is 1. The highest BCUT2D eigenvalue weighted by atomic mass is 16.7. The molecule has 0 unspecified atom stereocenters. The number of esters is 2. The van der Waals surface area contributed by atoms with Crippen LogP contribution >= 0.6 is 0 Å². The lowest BCUT2D eigenvalue weighted by Gasteiger charge is -2.62. The van der Waals surface area contributed by atoms with Gasteiger partial charge in [-0.05, 0) is 63.2 Å². The Kier molecular flexibility index (Phi) is 5.14. The Morgan fingerprint density at radius 3 is 2.44 bits per heavy atom. The van der Waals surface area contributed by atoms with Gasteiger partial charge in [0.05, 0.1) is 13.0 Å². The van der Waals surface area contributed by atoms with Crippen LogP contribution in [-0.4, -0.2) is 65.8 Å². The van der Waals surface area contributed by atoms with E-state index in [1.54, 1.807) is 40.7 Å². The first-order valence-corrected chi connectivity index (χ1v) is 12.2. The van der Waals surface area contributed by atoms with Gasteiger partial charge in [-0.3, -0.25) is 9.59 Å². The second kappa shape index (κ2) is 7.41. The van der Waals surface area contributed by atoms with Crippen LogP contribution < -0.4 is 0 Å². The largest absolute Gasteiger partial charge is 0.508 e. The first-order valence-electron chi connectivity index (χ1n) is 12.2. The fourth-order valence-electron chi connectivity index (χ4n) is 7.45. The third-order valence-corrected chi connectivity index (χ3v) is 9.41. The summed E-state index contributed by atoms with van der Waals surface area (Å²) >= 11 is 0. The maximum absolute atomic E-state index is 13.9. The van der Waals surface area contributed by atoms with Gasteiger partial charge in [0.15, 0.2) is 11.4 Å². The molecule has 2 saturated heterocycles. The topological polar surface area (TPSA) is 135 Å². The molecule has 1 saturated carbocycles. The van der Waals surface area contributed by atoms with Crippen molar-refractivity contribution in [3.8, 4) is 0 Å². The van der Waals surface area contributed by atoms with Gasteiger partial charge >= 0.3 is 18.1 Å². The highest BCUT2D eigenvalue weighted by Gasteiger charge is 2.81. The average Bonchev–Trinajstić information content (AvgIpc) is 2.92. The second-order valence-electron chi connectivity index (χ2n) is 11.6. The number of methoxy groups -OCH3 is 1. The van der Waals surface area contributed by atoms with E-state index in [1.165, 1.54) is 13.2 Å². The third-order valence-electron chi connectivity index (χ3n) is 9.41. The molecule has 1 N–H and O–H groups in total. The lowest BCUT2D eigenvalue weighted by Crippen LogP contribution is -2.74. The zero-order valence-electron chi connectivity index (χ0n) is 21.4. The molecule has 196 valence electrons. The number of hydrogen-bond donors (Lipinski definition) is 1. The van der Waals surface area contributed by atoms with Gasteiger partial charge in [-0.1, -0.05) is 13.8 Å². The lowest BCUT2D eigenvalue weighted by atomic mass is 9.43. The van der Waals surface area contributed by atoms with Crippen LogP contribution in [0.15, 0.2) is 23.3 Å². The SMILES string of the molecule is COC(=O)O[C@@H]1C=C2C(=CC(=O)OC2(C)C)[C@H](C)[C@@H]2C[C@@]3(C)C(=O)O[C@H]4O[C@@H](C)C(=O)[C@@H]([C@@]12C)[C@]43O. The van der Waals surface area contributed by atoms with Crippen LogP contribution in [0.5, 0.6) is 0 Å². The van der Waals surface area contributed by atoms with Crippen LogP contribution in [0.1, 0.15) is 48.0 Å². The van der Waals surface area contributed by atoms with Crippen molar-refractivity contribution in [2.75, 3.05) is 7.11 Å². The molecule has 10 nitrogen and oxygen atoms in total. The van der Waals surface area contributed by atoms with Gasteiger partial charge in [0.25, 0.3) is 0 Å². The monoisotopic (exact) mass is 504 g/mol. The number of cyclic esters (lactones) is 1. The van der Waals surface area contributed by atoms with Gasteiger partial charge in [-0.2, -0.15) is 0 Å². The van der Waals surface area contributed by atoms with Gasteiger partial charge in [0.2, 0.25) is 6.29 Å². The van der Waals surface area contributed by atoms with Crippen molar-refractivity contribution >= 4 is 23.9 Å². The van der Waals surface area contributed by atoms with E-state index in [0.29, 0.717) is 11.1 Å². The fraction of sp³-hybridized carbons (Fsp3) is 0.692. The van der Waals surface area contributed by atoms with Crippen LogP contribution in [0.4, 0.5) is 4.79 Å². The minimum absolute atomic E-state index is 0.104. The zero-order valence-corrected chi connectivity index (χ0v) is 21.4. The predicted molar refractivity (Wildman–Crippen MR) is 121 cm³/mol. The van der Waals surface area contributed by atoms with Crippen LogP contribution in [-0.2, 0) is 38.1 Å². The molecule has 5 rings (SSSR count). The molecule has 9 atom stereocenters. The van der Waals surface area contributed by atoms with Crippen molar-refractivity contribution in [2.45, 2.75) is 77.7 Å². The van der Waals surface area contributed by atoms with E-state index in [-0.39, 0.29) is 12.3 Å². The predicted octanol–water partition coefficient (Wildman–Crippen LogP) is 2.23. The smallest absolute Gasteiger partial charge is 0.452 e. The highest BCUT2D eigenvalue weighted by molar-refractivity contribution is 5.93. The first-order chi connectivity index (χ1) is 16.6. The zero-order chi connectivity index (χ0) is 26.6. The van der Waals surface area contributed by atoms with E-state index < -0.39 is 76.2 Å². The first kappa shape index (κ1) is 25.0. The molecule has 3 fully saturated rings. The third kappa shape index (κ3) is 2.85. The minimum Gasteiger partial charge on any atom is -0.452 e. The number of hydrogen-bond acceptors (Lipinski definition) is 10. The molecule has 10 heteroatoms. The summed E-state index contributed by atoms with van der Waals surface area (Å²) in [5, 5.41) is 12.2. The standard InChI is InChI=1S/C26H32O10/c1-11-13-8-17(27)36-23(3,4)14(13)9-16(34-22(30)32-7)25(6)15(11)10-24(5)20(29)35-21-26(24,31)19(25)18(28)12(2)33-21/h8-9,11-12,15-16,19,21,31H,10H2,1-7H3/t11-,12-,15-,16+,19-,21+,24-,25+,26-/m0/s1. The van der Waals surface area contributed by atoms with Crippen LogP contribution in [0.3, 0.4) is 0 Å². The molecule has 0 aromatic rings. The summed E-state index contributed by atoms with van der Waals surface area (Å²) in [5.74, 6) is -3.65. The van der Waals surface area contributed by atoms with Crippen molar-refractivity contribution in [3.63, 3.8) is 0 Å². The molecule has 0 aromatic heterocycles. The van der Waals surface area contributed by atoms with E-state index in [0.717, 1.165) is 0 Å². The molecule has 0 aromatic carbocycles. The fourth-order valence-corrected chi connectivity index (χ4v) is 7.45. The Morgan fingerprint density at radius 1 is 1.14 bits per heavy atom. The molecule has 3 aliphatic heterocycles. The summed E-state index contributed by atoms with van der Waals surface area (Å²) < 4.78 is 27.4. The van der Waals surface area contributed by atoms with Crippen molar-refractivity contribution < 1.29 is 48.0 Å². The summed E-state index contributed by atoms with van der Waals surface area (Å²) in [4.78, 5) is 52.1. The summed E-state index contributed by atoms with van der Waals surface area (Å²) in [6.07, 6.45) is -1.15. The van der Waals surface area contributed by atoms with Gasteiger partial charge in [0, 0.05) is 11.5 Å². The van der Waals surface area contributed by atoms with E-state index in [1.807, 2.05) is 6.92 Å². The minimum atomic E-state index is -2.00. The van der Waals surface area contributed by atoms with Crippen LogP contribution in [0.25, 0.3) is 0 Å². The number of carbonyl (C=O) groups is 4. The molecule has 3 heterocycles. The number of ketones is 1. The molecule has 0 spiro atoms. The lowest BCUT2D eigenvalue weighted by molar-refractivity contribution is -0.298. The number of carbonyl (C=O) groups excluding carboxylic acids is 4. The van der Waals surface area contributed by atoms with Gasteiger partial charge < -0.3 is 28.8 Å². The molecular weight excluding hydrogens is 472 g/mol. The quantitative estimate of drug-likeness (QED) is 0.418. The maximum atomic E-state index is 13.9. The number of fused-ring (bicyclic) bond motifs is 3. The molecule has 2 aliphatic carbocycles. The Morgan fingerprint density at radius 2 is 1.81 bits per heavy atom. The normalized spacial score (nSPS) is 46.6. The van der Waals surface area contributed by atoms with Crippen molar-refractivity contribution in [3.05, 3.63) is 23.3 Å². The Bertz CT molecular complexity index is 1140. The van der Waals surface area contributed by atoms with Crippen LogP contribution in [0.2, 0.25) is 0 Å². The van der Waals surface area contributed by atoms with E-state index in [2.05, 4.69) is 0 Å². The van der Waals surface area contributed by atoms with E-state index >= 15 is 0 Å². The second-order valence-corrected chi connectivity index (χ2v) is 11.6. The van der Waals surface area contributed by atoms with Gasteiger partial charge in [0.1, 0.15) is 23.2 Å². The number of aliphatic hydroxyl groups is 1. The molecular formula is C26H32O10. The van der Waals surface area contributed by atoms with Crippen molar-refractivity contribution in [1.82, 2.24) is 0 Å². The number of ether oxygens (including phenoxy) is 5. The Hall–Kier alpha value is -2.72. The maximum Gasteiger partial charge on any atom is 0.508 e. The van der Waals surface area contributed by atoms with E-state index in [4.69, 9.17) is 23.7 Å². The Labute approximate surface area is 208 Å². The molecule has 0 radical (unpaired) electrons. The van der Waals surface area contributed by atoms with Gasteiger partial charge in [-0.15, -0.1) is 0 Å². The molecule has 0 bridgehead atoms. The van der Waals surface area contributed by atoms with Crippen molar-refractivity contribution in [1.29, 1.82) is 0 Å². The van der Waals surface area contributed by atoms with E-state index in [9.17, 15) is 24.3 Å². The Balaban J connectivity index is 1.81. The number of rotatable bonds is 1. The summed E-state index contributed by atoms with van der Waals surface area (Å²) in [6.45, 7) is 10.3. The van der Waals surface area contributed by atoms with Gasteiger partial charge in [-0.25, -0.2) is 9.59 Å². The molecule has 36 heavy (non-hydrogen) atoms. The average molecular weight is 505 g/mol. The van der Waals surface area contributed by atoms with Crippen molar-refractivity contribution in [2.24, 2.45) is 28.6 Å². The molecule has 0 amide bonds. The molecule has 5 aliphatic rings. The summed E-state index contributed by atoms with van der Waals surface area (Å²) in [5.41, 5.74) is -4.45.